The van der Waals surface area contributed by atoms with Gasteiger partial charge in [-0.05, 0) is 11.4 Å². The molecule has 0 aliphatic carbocycles. The van der Waals surface area contributed by atoms with E-state index in [0.717, 1.165) is 10.6 Å². The standard InChI is InChI=1S/C7H10N2O2S/c8-5-1-2-12-6(5)3-9-4-7(10)11/h1-2,9H,3-4,8H2,(H,10,11). The maximum absolute atomic E-state index is 10.1. The Morgan fingerprint density at radius 2 is 2.50 bits per heavy atom. The highest BCUT2D eigenvalue weighted by Gasteiger charge is 2.00. The highest BCUT2D eigenvalue weighted by molar-refractivity contribution is 7.10. The summed E-state index contributed by atoms with van der Waals surface area (Å²) in [6.45, 7) is 0.493. The van der Waals surface area contributed by atoms with Crippen LogP contribution in [-0.4, -0.2) is 17.6 Å². The van der Waals surface area contributed by atoms with Crippen molar-refractivity contribution in [1.29, 1.82) is 0 Å². The molecule has 12 heavy (non-hydrogen) atoms. The van der Waals surface area contributed by atoms with Gasteiger partial charge < -0.3 is 16.2 Å². The smallest absolute Gasteiger partial charge is 0.317 e. The number of carbonyl (C=O) groups is 1. The summed E-state index contributed by atoms with van der Waals surface area (Å²) in [5.41, 5.74) is 6.30. The Kier molecular flexibility index (Phi) is 3.07. The lowest BCUT2D eigenvalue weighted by molar-refractivity contribution is -0.135. The number of rotatable bonds is 4. The topological polar surface area (TPSA) is 75.3 Å². The zero-order chi connectivity index (χ0) is 8.97. The largest absolute Gasteiger partial charge is 0.480 e. The van der Waals surface area contributed by atoms with Crippen molar-refractivity contribution in [3.05, 3.63) is 16.3 Å². The molecule has 0 aromatic carbocycles. The zero-order valence-corrected chi connectivity index (χ0v) is 7.23. The summed E-state index contributed by atoms with van der Waals surface area (Å²) < 4.78 is 0. The number of nitrogens with two attached hydrogens (primary N) is 1. The van der Waals surface area contributed by atoms with Crippen LogP contribution < -0.4 is 11.1 Å². The Morgan fingerprint density at radius 1 is 1.75 bits per heavy atom. The van der Waals surface area contributed by atoms with E-state index in [2.05, 4.69) is 5.32 Å². The lowest BCUT2D eigenvalue weighted by atomic mass is 10.4. The molecule has 0 atom stereocenters. The van der Waals surface area contributed by atoms with E-state index >= 15 is 0 Å². The Labute approximate surface area is 74.0 Å². The molecule has 0 aliphatic rings. The summed E-state index contributed by atoms with van der Waals surface area (Å²) in [6, 6.07) is 1.81. The second kappa shape index (κ2) is 4.08. The number of carboxylic acid groups (broad SMARTS) is 1. The van der Waals surface area contributed by atoms with Crippen molar-refractivity contribution < 1.29 is 9.90 Å². The van der Waals surface area contributed by atoms with Crippen LogP contribution in [-0.2, 0) is 11.3 Å². The molecule has 1 aromatic heterocycles. The van der Waals surface area contributed by atoms with E-state index in [9.17, 15) is 4.79 Å². The molecule has 4 N–H and O–H groups in total. The van der Waals surface area contributed by atoms with Gasteiger partial charge in [0.15, 0.2) is 0 Å². The molecule has 0 saturated carbocycles. The molecule has 1 aromatic rings. The van der Waals surface area contributed by atoms with Crippen molar-refractivity contribution in [1.82, 2.24) is 5.32 Å². The molecular formula is C7H10N2O2S. The molecule has 0 saturated heterocycles. The lowest BCUT2D eigenvalue weighted by Gasteiger charge is -1.99. The fourth-order valence-electron chi connectivity index (χ4n) is 0.777. The highest BCUT2D eigenvalue weighted by Crippen LogP contribution is 2.17. The van der Waals surface area contributed by atoms with Gasteiger partial charge in [0.1, 0.15) is 0 Å². The highest BCUT2D eigenvalue weighted by atomic mass is 32.1. The van der Waals surface area contributed by atoms with Crippen molar-refractivity contribution in [2.75, 3.05) is 12.3 Å². The summed E-state index contributed by atoms with van der Waals surface area (Å²) in [4.78, 5) is 11.1. The third-order valence-electron chi connectivity index (χ3n) is 1.34. The summed E-state index contributed by atoms with van der Waals surface area (Å²) >= 11 is 1.52. The maximum atomic E-state index is 10.1. The molecular weight excluding hydrogens is 176 g/mol. The second-order valence-corrected chi connectivity index (χ2v) is 3.30. The van der Waals surface area contributed by atoms with Crippen LogP contribution in [0.1, 0.15) is 4.88 Å². The van der Waals surface area contributed by atoms with Gasteiger partial charge in [-0.15, -0.1) is 11.3 Å². The van der Waals surface area contributed by atoms with Crippen LogP contribution in [0.4, 0.5) is 5.69 Å². The van der Waals surface area contributed by atoms with E-state index in [1.165, 1.54) is 11.3 Å². The molecule has 0 radical (unpaired) electrons. The maximum Gasteiger partial charge on any atom is 0.317 e. The molecule has 0 fully saturated rings. The fraction of sp³-hybridized carbons (Fsp3) is 0.286. The first kappa shape index (κ1) is 9.02. The monoisotopic (exact) mass is 186 g/mol. The predicted octanol–water partition coefficient (Wildman–Crippen LogP) is 0.505. The van der Waals surface area contributed by atoms with Gasteiger partial charge >= 0.3 is 5.97 Å². The van der Waals surface area contributed by atoms with Gasteiger partial charge in [0.2, 0.25) is 0 Å². The molecule has 0 amide bonds. The Bertz CT molecular complexity index is 272. The molecule has 66 valence electrons. The summed E-state index contributed by atoms with van der Waals surface area (Å²) in [6.07, 6.45) is 0. The van der Waals surface area contributed by atoms with Gasteiger partial charge in [-0.1, -0.05) is 0 Å². The van der Waals surface area contributed by atoms with E-state index in [1.54, 1.807) is 0 Å². The van der Waals surface area contributed by atoms with Crippen LogP contribution in [0.5, 0.6) is 0 Å². The minimum Gasteiger partial charge on any atom is -0.480 e. The van der Waals surface area contributed by atoms with Crippen molar-refractivity contribution in [2.45, 2.75) is 6.54 Å². The number of aliphatic carboxylic acids is 1. The quantitative estimate of drug-likeness (QED) is 0.640. The average Bonchev–Trinajstić information content (AvgIpc) is 2.36. The molecule has 5 heteroatoms. The fourth-order valence-corrected chi connectivity index (χ4v) is 1.55. The van der Waals surface area contributed by atoms with Gasteiger partial charge in [-0.2, -0.15) is 0 Å². The molecule has 0 aliphatic heterocycles. The van der Waals surface area contributed by atoms with Crippen molar-refractivity contribution in [3.63, 3.8) is 0 Å². The lowest BCUT2D eigenvalue weighted by Crippen LogP contribution is -2.21. The number of hydrogen-bond donors (Lipinski definition) is 3. The van der Waals surface area contributed by atoms with Crippen LogP contribution in [0.25, 0.3) is 0 Å². The molecule has 0 unspecified atom stereocenters. The van der Waals surface area contributed by atoms with Crippen molar-refractivity contribution >= 4 is 23.0 Å². The average molecular weight is 186 g/mol. The molecule has 1 rings (SSSR count). The van der Waals surface area contributed by atoms with E-state index in [1.807, 2.05) is 11.4 Å². The van der Waals surface area contributed by atoms with E-state index in [-0.39, 0.29) is 6.54 Å². The molecule has 0 bridgehead atoms. The van der Waals surface area contributed by atoms with Gasteiger partial charge in [0.25, 0.3) is 0 Å². The predicted molar refractivity (Wildman–Crippen MR) is 48.1 cm³/mol. The van der Waals surface area contributed by atoms with Crippen LogP contribution in [0.15, 0.2) is 11.4 Å². The number of nitrogens with one attached hydrogen (secondary N) is 1. The first-order valence-corrected chi connectivity index (χ1v) is 4.32. The van der Waals surface area contributed by atoms with E-state index in [0.29, 0.717) is 6.54 Å². The Morgan fingerprint density at radius 3 is 3.00 bits per heavy atom. The number of thiophene rings is 1. The first-order chi connectivity index (χ1) is 5.70. The number of anilines is 1. The Balaban J connectivity index is 2.33. The number of nitrogen functional groups attached to an aromatic ring is 1. The molecule has 0 spiro atoms. The molecule has 4 nitrogen and oxygen atoms in total. The van der Waals surface area contributed by atoms with E-state index < -0.39 is 5.97 Å². The van der Waals surface area contributed by atoms with Gasteiger partial charge in [-0.25, -0.2) is 0 Å². The second-order valence-electron chi connectivity index (χ2n) is 2.30. The molecule has 1 heterocycles. The van der Waals surface area contributed by atoms with Crippen molar-refractivity contribution in [2.24, 2.45) is 0 Å². The van der Waals surface area contributed by atoms with Crippen LogP contribution in [0.3, 0.4) is 0 Å². The minimum absolute atomic E-state index is 0.0304. The number of hydrogen-bond acceptors (Lipinski definition) is 4. The SMILES string of the molecule is Nc1ccsc1CNCC(=O)O. The van der Waals surface area contributed by atoms with Crippen LogP contribution in [0, 0.1) is 0 Å². The normalized spacial score (nSPS) is 10.0. The number of carboxylic acids is 1. The third kappa shape index (κ3) is 2.52. The third-order valence-corrected chi connectivity index (χ3v) is 2.28. The summed E-state index contributed by atoms with van der Waals surface area (Å²) in [7, 11) is 0. The van der Waals surface area contributed by atoms with Gasteiger partial charge in [0, 0.05) is 17.1 Å². The Hall–Kier alpha value is -1.07. The summed E-state index contributed by atoms with van der Waals surface area (Å²) in [5, 5.41) is 13.0. The van der Waals surface area contributed by atoms with Gasteiger partial charge in [-0.3, -0.25) is 4.79 Å². The van der Waals surface area contributed by atoms with Gasteiger partial charge in [0.05, 0.1) is 6.54 Å². The van der Waals surface area contributed by atoms with Crippen molar-refractivity contribution in [3.8, 4) is 0 Å². The van der Waals surface area contributed by atoms with Crippen LogP contribution in [0.2, 0.25) is 0 Å². The minimum atomic E-state index is -0.856. The summed E-state index contributed by atoms with van der Waals surface area (Å²) in [5.74, 6) is -0.856. The first-order valence-electron chi connectivity index (χ1n) is 3.44. The zero-order valence-electron chi connectivity index (χ0n) is 6.41. The van der Waals surface area contributed by atoms with E-state index in [4.69, 9.17) is 10.8 Å². The van der Waals surface area contributed by atoms with Crippen LogP contribution >= 0.6 is 11.3 Å².